The number of rotatable bonds is 3. The van der Waals surface area contributed by atoms with Gasteiger partial charge in [-0.05, 0) is 37.5 Å². The van der Waals surface area contributed by atoms with Crippen LogP contribution in [0.15, 0.2) is 24.3 Å². The fourth-order valence-corrected chi connectivity index (χ4v) is 2.85. The molecule has 1 saturated carbocycles. The van der Waals surface area contributed by atoms with Gasteiger partial charge in [-0.15, -0.1) is 0 Å². The molecule has 1 aromatic rings. The molecule has 0 spiro atoms. The molecule has 1 fully saturated rings. The van der Waals surface area contributed by atoms with Gasteiger partial charge >= 0.3 is 0 Å². The van der Waals surface area contributed by atoms with Crippen LogP contribution >= 0.6 is 11.6 Å². The molecule has 0 radical (unpaired) electrons. The molecule has 92 valence electrons. The lowest BCUT2D eigenvalue weighted by Crippen LogP contribution is -2.42. The molecule has 3 heteroatoms. The second kappa shape index (κ2) is 5.09. The number of halogens is 1. The van der Waals surface area contributed by atoms with E-state index in [2.05, 4.69) is 5.32 Å². The summed E-state index contributed by atoms with van der Waals surface area (Å²) >= 11 is 5.90. The van der Waals surface area contributed by atoms with Crippen LogP contribution in [0.25, 0.3) is 0 Å². The van der Waals surface area contributed by atoms with Gasteiger partial charge in [-0.2, -0.15) is 0 Å². The number of carbonyl (C=O) groups excluding carboxylic acids is 1. The minimum atomic E-state index is -0.319. The standard InChI is InChI=1S/C14H18ClNO/c1-2-16-13(17)14(9-3-4-10-14)11-5-7-12(15)8-6-11/h5-8H,2-4,9-10H2,1H3,(H,16,17). The average Bonchev–Trinajstić information content (AvgIpc) is 2.81. The highest BCUT2D eigenvalue weighted by atomic mass is 35.5. The first-order valence-corrected chi connectivity index (χ1v) is 6.61. The molecular weight excluding hydrogens is 234 g/mol. The SMILES string of the molecule is CCNC(=O)C1(c2ccc(Cl)cc2)CCCC1. The van der Waals surface area contributed by atoms with E-state index in [0.29, 0.717) is 6.54 Å². The largest absolute Gasteiger partial charge is 0.356 e. The number of carbonyl (C=O) groups is 1. The lowest BCUT2D eigenvalue weighted by atomic mass is 9.78. The normalized spacial score (nSPS) is 18.0. The van der Waals surface area contributed by atoms with E-state index in [1.54, 1.807) is 0 Å². The number of hydrogen-bond donors (Lipinski definition) is 1. The third-order valence-corrected chi connectivity index (χ3v) is 3.88. The van der Waals surface area contributed by atoms with Crippen molar-refractivity contribution < 1.29 is 4.79 Å². The molecule has 0 aromatic heterocycles. The Bertz CT molecular complexity index is 393. The zero-order valence-corrected chi connectivity index (χ0v) is 10.9. The molecule has 1 aromatic carbocycles. The number of nitrogens with one attached hydrogen (secondary N) is 1. The second-order valence-electron chi connectivity index (χ2n) is 4.66. The molecule has 1 aliphatic carbocycles. The summed E-state index contributed by atoms with van der Waals surface area (Å²) in [4.78, 5) is 12.3. The van der Waals surface area contributed by atoms with Gasteiger partial charge in [-0.3, -0.25) is 4.79 Å². The maximum atomic E-state index is 12.3. The van der Waals surface area contributed by atoms with Crippen molar-refractivity contribution in [2.45, 2.75) is 38.0 Å². The summed E-state index contributed by atoms with van der Waals surface area (Å²) in [5, 5.41) is 3.69. The topological polar surface area (TPSA) is 29.1 Å². The minimum absolute atomic E-state index is 0.167. The fourth-order valence-electron chi connectivity index (χ4n) is 2.72. The van der Waals surface area contributed by atoms with Crippen molar-refractivity contribution in [3.63, 3.8) is 0 Å². The Morgan fingerprint density at radius 1 is 1.29 bits per heavy atom. The predicted molar refractivity (Wildman–Crippen MR) is 70.3 cm³/mol. The molecule has 0 bridgehead atoms. The van der Waals surface area contributed by atoms with E-state index in [0.717, 1.165) is 36.3 Å². The summed E-state index contributed by atoms with van der Waals surface area (Å²) in [5.74, 6) is 0.167. The molecule has 0 atom stereocenters. The van der Waals surface area contributed by atoms with Crippen LogP contribution in [0, 0.1) is 0 Å². The highest BCUT2D eigenvalue weighted by Crippen LogP contribution is 2.41. The van der Waals surface area contributed by atoms with E-state index in [1.807, 2.05) is 31.2 Å². The van der Waals surface area contributed by atoms with Crippen LogP contribution < -0.4 is 5.32 Å². The minimum Gasteiger partial charge on any atom is -0.356 e. The summed E-state index contributed by atoms with van der Waals surface area (Å²) < 4.78 is 0. The van der Waals surface area contributed by atoms with E-state index >= 15 is 0 Å². The molecule has 0 unspecified atom stereocenters. The Labute approximate surface area is 107 Å². The van der Waals surface area contributed by atoms with Gasteiger partial charge < -0.3 is 5.32 Å². The van der Waals surface area contributed by atoms with E-state index in [1.165, 1.54) is 0 Å². The van der Waals surface area contributed by atoms with Crippen LogP contribution in [0.5, 0.6) is 0 Å². The van der Waals surface area contributed by atoms with Crippen molar-refractivity contribution in [2.75, 3.05) is 6.54 Å². The maximum absolute atomic E-state index is 12.3. The highest BCUT2D eigenvalue weighted by molar-refractivity contribution is 6.30. The smallest absolute Gasteiger partial charge is 0.230 e. The number of benzene rings is 1. The molecule has 1 amide bonds. The molecule has 0 aliphatic heterocycles. The van der Waals surface area contributed by atoms with E-state index < -0.39 is 0 Å². The second-order valence-corrected chi connectivity index (χ2v) is 5.09. The molecule has 1 N–H and O–H groups in total. The monoisotopic (exact) mass is 251 g/mol. The first kappa shape index (κ1) is 12.4. The summed E-state index contributed by atoms with van der Waals surface area (Å²) in [7, 11) is 0. The lowest BCUT2D eigenvalue weighted by molar-refractivity contribution is -0.126. The zero-order chi connectivity index (χ0) is 12.3. The van der Waals surface area contributed by atoms with Crippen LogP contribution in [0.3, 0.4) is 0 Å². The van der Waals surface area contributed by atoms with Crippen molar-refractivity contribution in [1.82, 2.24) is 5.32 Å². The van der Waals surface area contributed by atoms with Crippen LogP contribution in [-0.4, -0.2) is 12.5 Å². The molecule has 1 aliphatic rings. The lowest BCUT2D eigenvalue weighted by Gasteiger charge is -2.28. The summed E-state index contributed by atoms with van der Waals surface area (Å²) in [5.41, 5.74) is 0.783. The fraction of sp³-hybridized carbons (Fsp3) is 0.500. The zero-order valence-electron chi connectivity index (χ0n) is 10.1. The van der Waals surface area contributed by atoms with E-state index in [4.69, 9.17) is 11.6 Å². The molecular formula is C14H18ClNO. The molecule has 17 heavy (non-hydrogen) atoms. The van der Waals surface area contributed by atoms with Crippen LogP contribution in [0.2, 0.25) is 5.02 Å². The Balaban J connectivity index is 2.34. The third-order valence-electron chi connectivity index (χ3n) is 3.63. The molecule has 2 rings (SSSR count). The van der Waals surface area contributed by atoms with E-state index in [-0.39, 0.29) is 11.3 Å². The third kappa shape index (κ3) is 2.32. The summed E-state index contributed by atoms with van der Waals surface area (Å²) in [6.07, 6.45) is 4.14. The Kier molecular flexibility index (Phi) is 3.72. The maximum Gasteiger partial charge on any atom is 0.230 e. The molecule has 2 nitrogen and oxygen atoms in total. The van der Waals surface area contributed by atoms with Crippen molar-refractivity contribution in [1.29, 1.82) is 0 Å². The average molecular weight is 252 g/mol. The van der Waals surface area contributed by atoms with Gasteiger partial charge in [0.05, 0.1) is 5.41 Å². The van der Waals surface area contributed by atoms with Crippen molar-refractivity contribution in [3.05, 3.63) is 34.9 Å². The van der Waals surface area contributed by atoms with Crippen molar-refractivity contribution in [3.8, 4) is 0 Å². The van der Waals surface area contributed by atoms with Crippen LogP contribution in [0.1, 0.15) is 38.2 Å². The first-order chi connectivity index (χ1) is 8.19. The van der Waals surface area contributed by atoms with Crippen LogP contribution in [-0.2, 0) is 10.2 Å². The quantitative estimate of drug-likeness (QED) is 0.878. The van der Waals surface area contributed by atoms with Gasteiger partial charge in [0.1, 0.15) is 0 Å². The van der Waals surface area contributed by atoms with E-state index in [9.17, 15) is 4.79 Å². The number of likely N-dealkylation sites (N-methyl/N-ethyl adjacent to an activating group) is 1. The van der Waals surface area contributed by atoms with Crippen LogP contribution in [0.4, 0.5) is 0 Å². The van der Waals surface area contributed by atoms with Gasteiger partial charge in [0.15, 0.2) is 0 Å². The summed E-state index contributed by atoms with van der Waals surface area (Å²) in [6.45, 7) is 2.65. The summed E-state index contributed by atoms with van der Waals surface area (Å²) in [6, 6.07) is 7.72. The van der Waals surface area contributed by atoms with Gasteiger partial charge in [0.25, 0.3) is 0 Å². The Morgan fingerprint density at radius 3 is 2.41 bits per heavy atom. The van der Waals surface area contributed by atoms with Gasteiger partial charge in [-0.1, -0.05) is 36.6 Å². The van der Waals surface area contributed by atoms with Crippen molar-refractivity contribution >= 4 is 17.5 Å². The Hall–Kier alpha value is -1.02. The molecule has 0 heterocycles. The highest BCUT2D eigenvalue weighted by Gasteiger charge is 2.42. The number of amides is 1. The van der Waals surface area contributed by atoms with Crippen molar-refractivity contribution in [2.24, 2.45) is 0 Å². The van der Waals surface area contributed by atoms with Gasteiger partial charge in [0, 0.05) is 11.6 Å². The van der Waals surface area contributed by atoms with Gasteiger partial charge in [-0.25, -0.2) is 0 Å². The molecule has 0 saturated heterocycles. The first-order valence-electron chi connectivity index (χ1n) is 6.23. The Morgan fingerprint density at radius 2 is 1.88 bits per heavy atom. The number of hydrogen-bond acceptors (Lipinski definition) is 1. The van der Waals surface area contributed by atoms with Gasteiger partial charge in [0.2, 0.25) is 5.91 Å². The predicted octanol–water partition coefficient (Wildman–Crippen LogP) is 3.29.